The maximum atomic E-state index is 12.4. The summed E-state index contributed by atoms with van der Waals surface area (Å²) in [5.74, 6) is 0.827. The Morgan fingerprint density at radius 3 is 2.15 bits per heavy atom. The van der Waals surface area contributed by atoms with Gasteiger partial charge in [-0.25, -0.2) is 8.42 Å². The molecular weight excluding hydrogens is 272 g/mol. The Hall–Kier alpha value is -2.14. The van der Waals surface area contributed by atoms with Gasteiger partial charge in [-0.3, -0.25) is 4.99 Å². The number of benzene rings is 2. The number of sulfone groups is 1. The Bertz CT molecular complexity index is 735. The lowest BCUT2D eigenvalue weighted by Crippen LogP contribution is -2.19. The topological polar surface area (TPSA) is 58.5 Å². The number of nitrogens with one attached hydrogen (secondary N) is 1. The van der Waals surface area contributed by atoms with Crippen molar-refractivity contribution in [3.05, 3.63) is 60.2 Å². The maximum absolute atomic E-state index is 12.4. The van der Waals surface area contributed by atoms with E-state index >= 15 is 0 Å². The molecule has 0 atom stereocenters. The monoisotopic (exact) mass is 286 g/mol. The number of aliphatic imine (C=N–C) groups is 1. The molecule has 0 radical (unpaired) electrons. The summed E-state index contributed by atoms with van der Waals surface area (Å²) in [7, 11) is -3.44. The fraction of sp³-hybridized carbons (Fsp3) is 0.133. The lowest BCUT2D eigenvalue weighted by Gasteiger charge is -2.06. The summed E-state index contributed by atoms with van der Waals surface area (Å²) in [6, 6.07) is 15.3. The second-order valence-corrected chi connectivity index (χ2v) is 6.45. The van der Waals surface area contributed by atoms with Crippen LogP contribution in [-0.2, 0) is 9.84 Å². The summed E-state index contributed by atoms with van der Waals surface area (Å²) in [6.07, 6.45) is 0. The van der Waals surface area contributed by atoms with Crippen molar-refractivity contribution in [2.75, 3.05) is 13.1 Å². The van der Waals surface area contributed by atoms with Crippen LogP contribution in [0.15, 0.2) is 69.4 Å². The Morgan fingerprint density at radius 2 is 1.55 bits per heavy atom. The van der Waals surface area contributed by atoms with Crippen molar-refractivity contribution in [1.29, 1.82) is 0 Å². The lowest BCUT2D eigenvalue weighted by molar-refractivity contribution is 0.596. The van der Waals surface area contributed by atoms with E-state index < -0.39 is 9.84 Å². The molecule has 0 saturated heterocycles. The van der Waals surface area contributed by atoms with Crippen LogP contribution in [0.5, 0.6) is 0 Å². The number of rotatable bonds is 3. The minimum absolute atomic E-state index is 0.297. The third-order valence-corrected chi connectivity index (χ3v) is 4.95. The summed E-state index contributed by atoms with van der Waals surface area (Å²) < 4.78 is 24.8. The predicted molar refractivity (Wildman–Crippen MR) is 77.7 cm³/mol. The van der Waals surface area contributed by atoms with Gasteiger partial charge in [0.25, 0.3) is 0 Å². The predicted octanol–water partition coefficient (Wildman–Crippen LogP) is 1.87. The Morgan fingerprint density at radius 1 is 0.900 bits per heavy atom. The average molecular weight is 286 g/mol. The van der Waals surface area contributed by atoms with Crippen molar-refractivity contribution < 1.29 is 8.42 Å². The van der Waals surface area contributed by atoms with Gasteiger partial charge in [0.05, 0.1) is 16.3 Å². The number of amidine groups is 1. The van der Waals surface area contributed by atoms with Gasteiger partial charge in [-0.05, 0) is 36.4 Å². The van der Waals surface area contributed by atoms with Crippen LogP contribution in [-0.4, -0.2) is 27.3 Å². The largest absolute Gasteiger partial charge is 0.368 e. The van der Waals surface area contributed by atoms with Gasteiger partial charge in [-0.1, -0.05) is 18.2 Å². The van der Waals surface area contributed by atoms with Crippen LogP contribution in [0.2, 0.25) is 0 Å². The highest BCUT2D eigenvalue weighted by molar-refractivity contribution is 7.91. The first-order valence-electron chi connectivity index (χ1n) is 6.37. The Labute approximate surface area is 118 Å². The zero-order valence-corrected chi connectivity index (χ0v) is 11.6. The minimum atomic E-state index is -3.44. The van der Waals surface area contributed by atoms with Gasteiger partial charge in [0, 0.05) is 12.1 Å². The molecule has 1 N–H and O–H groups in total. The molecule has 20 heavy (non-hydrogen) atoms. The van der Waals surface area contributed by atoms with E-state index in [1.54, 1.807) is 54.6 Å². The number of nitrogens with zero attached hydrogens (tertiary/aromatic N) is 1. The third-order valence-electron chi connectivity index (χ3n) is 3.17. The van der Waals surface area contributed by atoms with E-state index in [1.165, 1.54) is 0 Å². The molecule has 4 nitrogen and oxygen atoms in total. The summed E-state index contributed by atoms with van der Waals surface area (Å²) in [5.41, 5.74) is 0.912. The van der Waals surface area contributed by atoms with Crippen LogP contribution in [0.3, 0.4) is 0 Å². The summed E-state index contributed by atoms with van der Waals surface area (Å²) in [4.78, 5) is 4.92. The second kappa shape index (κ2) is 5.09. The molecule has 3 rings (SSSR count). The van der Waals surface area contributed by atoms with Gasteiger partial charge in [0.2, 0.25) is 9.84 Å². The molecule has 0 amide bonds. The Kier molecular flexibility index (Phi) is 3.28. The molecule has 0 spiro atoms. The molecule has 1 aliphatic rings. The van der Waals surface area contributed by atoms with E-state index in [-0.39, 0.29) is 0 Å². The Balaban J connectivity index is 1.95. The summed E-state index contributed by atoms with van der Waals surface area (Å²) in [5, 5.41) is 3.16. The molecule has 0 fully saturated rings. The van der Waals surface area contributed by atoms with E-state index in [0.717, 1.165) is 24.5 Å². The van der Waals surface area contributed by atoms with Gasteiger partial charge in [-0.15, -0.1) is 0 Å². The SMILES string of the molecule is O=S(=O)(c1ccccc1)c1ccc(C2=NCCN2)cc1. The molecule has 0 aliphatic carbocycles. The van der Waals surface area contributed by atoms with E-state index in [4.69, 9.17) is 0 Å². The fourth-order valence-corrected chi connectivity index (χ4v) is 3.40. The van der Waals surface area contributed by atoms with Crippen molar-refractivity contribution in [2.24, 2.45) is 4.99 Å². The number of hydrogen-bond acceptors (Lipinski definition) is 4. The molecule has 1 aliphatic heterocycles. The summed E-state index contributed by atoms with van der Waals surface area (Å²) >= 11 is 0. The van der Waals surface area contributed by atoms with Crippen molar-refractivity contribution in [3.63, 3.8) is 0 Å². The van der Waals surface area contributed by atoms with Gasteiger partial charge in [0.15, 0.2) is 0 Å². The van der Waals surface area contributed by atoms with Gasteiger partial charge in [-0.2, -0.15) is 0 Å². The van der Waals surface area contributed by atoms with Crippen molar-refractivity contribution >= 4 is 15.7 Å². The highest BCUT2D eigenvalue weighted by Gasteiger charge is 2.17. The molecule has 0 saturated carbocycles. The lowest BCUT2D eigenvalue weighted by atomic mass is 10.2. The minimum Gasteiger partial charge on any atom is -0.368 e. The zero-order chi connectivity index (χ0) is 14.0. The van der Waals surface area contributed by atoms with Crippen LogP contribution < -0.4 is 5.32 Å². The smallest absolute Gasteiger partial charge is 0.206 e. The van der Waals surface area contributed by atoms with Crippen LogP contribution in [0.1, 0.15) is 5.56 Å². The fourth-order valence-electron chi connectivity index (χ4n) is 2.12. The average Bonchev–Trinajstić information content (AvgIpc) is 3.02. The van der Waals surface area contributed by atoms with E-state index in [9.17, 15) is 8.42 Å². The first-order valence-corrected chi connectivity index (χ1v) is 7.85. The quantitative estimate of drug-likeness (QED) is 0.937. The molecule has 2 aromatic rings. The molecule has 0 bridgehead atoms. The highest BCUT2D eigenvalue weighted by atomic mass is 32.2. The molecular formula is C15H14N2O2S. The first-order chi connectivity index (χ1) is 9.68. The first kappa shape index (κ1) is 12.9. The molecule has 2 aromatic carbocycles. The van der Waals surface area contributed by atoms with Crippen molar-refractivity contribution in [2.45, 2.75) is 9.79 Å². The molecule has 0 aromatic heterocycles. The molecule has 102 valence electrons. The molecule has 5 heteroatoms. The highest BCUT2D eigenvalue weighted by Crippen LogP contribution is 2.20. The van der Waals surface area contributed by atoms with Crippen LogP contribution in [0, 0.1) is 0 Å². The van der Waals surface area contributed by atoms with E-state index in [0.29, 0.717) is 9.79 Å². The standard InChI is InChI=1S/C15H14N2O2S/c18-20(19,13-4-2-1-3-5-13)14-8-6-12(7-9-14)15-16-10-11-17-15/h1-9H,10-11H2,(H,16,17). The zero-order valence-electron chi connectivity index (χ0n) is 10.8. The normalized spacial score (nSPS) is 14.7. The van der Waals surface area contributed by atoms with Crippen molar-refractivity contribution in [1.82, 2.24) is 5.32 Å². The van der Waals surface area contributed by atoms with E-state index in [2.05, 4.69) is 10.3 Å². The van der Waals surface area contributed by atoms with Crippen LogP contribution in [0.4, 0.5) is 0 Å². The van der Waals surface area contributed by atoms with Gasteiger partial charge < -0.3 is 5.32 Å². The second-order valence-electron chi connectivity index (χ2n) is 4.50. The van der Waals surface area contributed by atoms with Crippen LogP contribution in [0.25, 0.3) is 0 Å². The van der Waals surface area contributed by atoms with Crippen LogP contribution >= 0.6 is 0 Å². The maximum Gasteiger partial charge on any atom is 0.206 e. The molecule has 1 heterocycles. The number of hydrogen-bond donors (Lipinski definition) is 1. The van der Waals surface area contributed by atoms with Gasteiger partial charge >= 0.3 is 0 Å². The van der Waals surface area contributed by atoms with Gasteiger partial charge in [0.1, 0.15) is 5.84 Å². The third kappa shape index (κ3) is 2.32. The molecule has 0 unspecified atom stereocenters. The van der Waals surface area contributed by atoms with Crippen molar-refractivity contribution in [3.8, 4) is 0 Å². The summed E-state index contributed by atoms with van der Waals surface area (Å²) in [6.45, 7) is 1.60. The van der Waals surface area contributed by atoms with E-state index in [1.807, 2.05) is 0 Å².